The molecule has 0 spiro atoms. The summed E-state index contributed by atoms with van der Waals surface area (Å²) in [4.78, 5) is 23.4. The second-order valence-electron chi connectivity index (χ2n) is 5.39. The SMILES string of the molecule is COc1cccc(SCC(=O)Nc2ccc(OCCCC(=O)O)cc2)c1. The fourth-order valence-corrected chi connectivity index (χ4v) is 2.83. The third-order valence-electron chi connectivity index (χ3n) is 3.35. The molecule has 2 rings (SSSR count). The summed E-state index contributed by atoms with van der Waals surface area (Å²) in [5, 5.41) is 11.4. The maximum absolute atomic E-state index is 12.0. The van der Waals surface area contributed by atoms with Crippen LogP contribution in [0.3, 0.4) is 0 Å². The van der Waals surface area contributed by atoms with E-state index in [0.717, 1.165) is 10.6 Å². The molecule has 0 bridgehead atoms. The molecular formula is C19H21NO5S. The molecule has 0 radical (unpaired) electrons. The van der Waals surface area contributed by atoms with Gasteiger partial charge < -0.3 is 19.9 Å². The van der Waals surface area contributed by atoms with Gasteiger partial charge in [-0.25, -0.2) is 0 Å². The summed E-state index contributed by atoms with van der Waals surface area (Å²) in [6.07, 6.45) is 0.536. The van der Waals surface area contributed by atoms with E-state index in [9.17, 15) is 9.59 Å². The van der Waals surface area contributed by atoms with Gasteiger partial charge in [0.25, 0.3) is 0 Å². The highest BCUT2D eigenvalue weighted by atomic mass is 32.2. The number of aliphatic carboxylic acids is 1. The molecule has 0 unspecified atom stereocenters. The molecule has 6 nitrogen and oxygen atoms in total. The highest BCUT2D eigenvalue weighted by molar-refractivity contribution is 8.00. The lowest BCUT2D eigenvalue weighted by atomic mass is 10.3. The van der Waals surface area contributed by atoms with E-state index >= 15 is 0 Å². The second kappa shape index (κ2) is 10.4. The van der Waals surface area contributed by atoms with Gasteiger partial charge in [-0.1, -0.05) is 6.07 Å². The molecule has 0 saturated heterocycles. The Morgan fingerprint density at radius 1 is 1.12 bits per heavy atom. The second-order valence-corrected chi connectivity index (χ2v) is 6.43. The van der Waals surface area contributed by atoms with Crippen LogP contribution in [0.2, 0.25) is 0 Å². The monoisotopic (exact) mass is 375 g/mol. The van der Waals surface area contributed by atoms with Gasteiger partial charge in [0.2, 0.25) is 5.91 Å². The predicted molar refractivity (Wildman–Crippen MR) is 101 cm³/mol. The number of nitrogens with one attached hydrogen (secondary N) is 1. The Bertz CT molecular complexity index is 733. The molecule has 0 fully saturated rings. The first-order valence-electron chi connectivity index (χ1n) is 8.08. The van der Waals surface area contributed by atoms with Crippen LogP contribution in [0.15, 0.2) is 53.4 Å². The van der Waals surface area contributed by atoms with E-state index in [0.29, 0.717) is 30.2 Å². The molecule has 1 amide bonds. The number of methoxy groups -OCH3 is 1. The molecule has 0 saturated carbocycles. The van der Waals surface area contributed by atoms with Crippen molar-refractivity contribution in [1.29, 1.82) is 0 Å². The first-order valence-corrected chi connectivity index (χ1v) is 9.07. The van der Waals surface area contributed by atoms with E-state index in [1.165, 1.54) is 11.8 Å². The summed E-state index contributed by atoms with van der Waals surface area (Å²) in [5.41, 5.74) is 0.680. The van der Waals surface area contributed by atoms with Crippen molar-refractivity contribution in [1.82, 2.24) is 0 Å². The summed E-state index contributed by atoms with van der Waals surface area (Å²) in [5.74, 6) is 0.751. The zero-order valence-electron chi connectivity index (χ0n) is 14.4. The minimum absolute atomic E-state index is 0.0824. The Morgan fingerprint density at radius 2 is 1.88 bits per heavy atom. The lowest BCUT2D eigenvalue weighted by Gasteiger charge is -2.08. The van der Waals surface area contributed by atoms with Gasteiger partial charge in [-0.3, -0.25) is 9.59 Å². The number of anilines is 1. The number of benzene rings is 2. The molecule has 0 aromatic heterocycles. The highest BCUT2D eigenvalue weighted by Gasteiger charge is 2.05. The van der Waals surface area contributed by atoms with Crippen molar-refractivity contribution in [3.05, 3.63) is 48.5 Å². The van der Waals surface area contributed by atoms with Crippen molar-refractivity contribution in [2.75, 3.05) is 24.8 Å². The molecule has 0 heterocycles. The number of carbonyl (C=O) groups is 2. The van der Waals surface area contributed by atoms with Gasteiger partial charge >= 0.3 is 5.97 Å². The Labute approximate surface area is 156 Å². The topological polar surface area (TPSA) is 84.9 Å². The van der Waals surface area contributed by atoms with Gasteiger partial charge in [0.05, 0.1) is 19.5 Å². The number of rotatable bonds is 10. The smallest absolute Gasteiger partial charge is 0.303 e. The van der Waals surface area contributed by atoms with Gasteiger partial charge in [0.1, 0.15) is 11.5 Å². The van der Waals surface area contributed by atoms with Crippen LogP contribution in [0.25, 0.3) is 0 Å². The molecule has 7 heteroatoms. The normalized spacial score (nSPS) is 10.2. The molecule has 26 heavy (non-hydrogen) atoms. The van der Waals surface area contributed by atoms with Gasteiger partial charge in [-0.15, -0.1) is 11.8 Å². The van der Waals surface area contributed by atoms with Crippen molar-refractivity contribution >= 4 is 29.3 Å². The quantitative estimate of drug-likeness (QED) is 0.487. The minimum atomic E-state index is -0.835. The van der Waals surface area contributed by atoms with Gasteiger partial charge in [-0.2, -0.15) is 0 Å². The molecule has 2 aromatic rings. The number of hydrogen-bond donors (Lipinski definition) is 2. The van der Waals surface area contributed by atoms with Gasteiger partial charge in [-0.05, 0) is 48.9 Å². The average Bonchev–Trinajstić information content (AvgIpc) is 2.65. The van der Waals surface area contributed by atoms with E-state index in [2.05, 4.69) is 5.32 Å². The summed E-state index contributed by atoms with van der Waals surface area (Å²) >= 11 is 1.43. The molecule has 0 aliphatic rings. The number of amides is 1. The fourth-order valence-electron chi connectivity index (χ4n) is 2.08. The standard InChI is InChI=1S/C19H21NO5S/c1-24-16-4-2-5-17(12-16)26-13-18(21)20-14-7-9-15(10-8-14)25-11-3-6-19(22)23/h2,4-5,7-10,12H,3,6,11,13H2,1H3,(H,20,21)(H,22,23). The van der Waals surface area contributed by atoms with Gasteiger partial charge in [0, 0.05) is 17.0 Å². The van der Waals surface area contributed by atoms with Crippen LogP contribution in [0.4, 0.5) is 5.69 Å². The summed E-state index contributed by atoms with van der Waals surface area (Å²) in [7, 11) is 1.61. The van der Waals surface area contributed by atoms with Crippen LogP contribution in [0.1, 0.15) is 12.8 Å². The van der Waals surface area contributed by atoms with Crippen LogP contribution in [0.5, 0.6) is 11.5 Å². The first kappa shape index (κ1) is 19.7. The van der Waals surface area contributed by atoms with E-state index in [1.54, 1.807) is 31.4 Å². The van der Waals surface area contributed by atoms with Crippen molar-refractivity contribution in [2.24, 2.45) is 0 Å². The lowest BCUT2D eigenvalue weighted by molar-refractivity contribution is -0.137. The van der Waals surface area contributed by atoms with E-state index in [1.807, 2.05) is 24.3 Å². The maximum atomic E-state index is 12.0. The number of carboxylic acid groups (broad SMARTS) is 1. The molecule has 2 N–H and O–H groups in total. The zero-order valence-corrected chi connectivity index (χ0v) is 15.3. The Balaban J connectivity index is 1.75. The zero-order chi connectivity index (χ0) is 18.8. The molecule has 0 aliphatic heterocycles. The maximum Gasteiger partial charge on any atom is 0.303 e. The van der Waals surface area contributed by atoms with Crippen LogP contribution < -0.4 is 14.8 Å². The number of carbonyl (C=O) groups excluding carboxylic acids is 1. The first-order chi connectivity index (χ1) is 12.6. The number of hydrogen-bond acceptors (Lipinski definition) is 5. The molecular weight excluding hydrogens is 354 g/mol. The largest absolute Gasteiger partial charge is 0.497 e. The number of carboxylic acids is 1. The van der Waals surface area contributed by atoms with Crippen LogP contribution >= 0.6 is 11.8 Å². The molecule has 138 valence electrons. The summed E-state index contributed by atoms with van der Waals surface area (Å²) in [6, 6.07) is 14.5. The van der Waals surface area contributed by atoms with Crippen LogP contribution in [-0.4, -0.2) is 36.5 Å². The van der Waals surface area contributed by atoms with Gasteiger partial charge in [0.15, 0.2) is 0 Å². The summed E-state index contributed by atoms with van der Waals surface area (Å²) < 4.78 is 10.6. The van der Waals surface area contributed by atoms with E-state index < -0.39 is 5.97 Å². The molecule has 2 aromatic carbocycles. The predicted octanol–water partition coefficient (Wildman–Crippen LogP) is 3.67. The van der Waals surface area contributed by atoms with Crippen LogP contribution in [0, 0.1) is 0 Å². The molecule has 0 aliphatic carbocycles. The Morgan fingerprint density at radius 3 is 2.58 bits per heavy atom. The highest BCUT2D eigenvalue weighted by Crippen LogP contribution is 2.23. The van der Waals surface area contributed by atoms with Crippen molar-refractivity contribution in [3.8, 4) is 11.5 Å². The molecule has 0 atom stereocenters. The number of ether oxygens (including phenoxy) is 2. The van der Waals surface area contributed by atoms with Crippen molar-refractivity contribution in [3.63, 3.8) is 0 Å². The van der Waals surface area contributed by atoms with Crippen molar-refractivity contribution in [2.45, 2.75) is 17.7 Å². The van der Waals surface area contributed by atoms with E-state index in [4.69, 9.17) is 14.6 Å². The van der Waals surface area contributed by atoms with E-state index in [-0.39, 0.29) is 12.3 Å². The lowest BCUT2D eigenvalue weighted by Crippen LogP contribution is -2.13. The van der Waals surface area contributed by atoms with Crippen LogP contribution in [-0.2, 0) is 9.59 Å². The van der Waals surface area contributed by atoms with Crippen molar-refractivity contribution < 1.29 is 24.2 Å². The third-order valence-corrected chi connectivity index (χ3v) is 4.35. The fraction of sp³-hybridized carbons (Fsp3) is 0.263. The minimum Gasteiger partial charge on any atom is -0.497 e. The average molecular weight is 375 g/mol. The Kier molecular flexibility index (Phi) is 7.82. The Hall–Kier alpha value is -2.67. The number of thioether (sulfide) groups is 1. The summed E-state index contributed by atoms with van der Waals surface area (Å²) in [6.45, 7) is 0.342. The third kappa shape index (κ3) is 7.06.